The van der Waals surface area contributed by atoms with Crippen molar-refractivity contribution in [3.63, 3.8) is 0 Å². The SMILES string of the molecule is CC(=O)N1CCN(c2ccc(C(=O)Nc3cc(Cl)ccc3-n3cncn3)cc2[N+](=O)[O-])CC1. The third kappa shape index (κ3) is 4.77. The van der Waals surface area contributed by atoms with Gasteiger partial charge in [-0.15, -0.1) is 0 Å². The Bertz CT molecular complexity index is 1210. The summed E-state index contributed by atoms with van der Waals surface area (Å²) in [5, 5.41) is 19.0. The summed E-state index contributed by atoms with van der Waals surface area (Å²) in [6.07, 6.45) is 2.84. The van der Waals surface area contributed by atoms with Crippen LogP contribution in [0.1, 0.15) is 17.3 Å². The van der Waals surface area contributed by atoms with E-state index in [4.69, 9.17) is 11.6 Å². The van der Waals surface area contributed by atoms with Crippen LogP contribution in [0.25, 0.3) is 5.69 Å². The predicted molar refractivity (Wildman–Crippen MR) is 122 cm³/mol. The number of nitro benzene ring substituents is 1. The number of anilines is 2. The molecule has 4 rings (SSSR count). The van der Waals surface area contributed by atoms with Crippen molar-refractivity contribution >= 4 is 40.5 Å². The zero-order valence-electron chi connectivity index (χ0n) is 17.6. The summed E-state index contributed by atoms with van der Waals surface area (Å²) < 4.78 is 1.47. The molecule has 11 nitrogen and oxygen atoms in total. The average Bonchev–Trinajstić information content (AvgIpc) is 3.33. The van der Waals surface area contributed by atoms with Crippen molar-refractivity contribution in [2.45, 2.75) is 6.92 Å². The van der Waals surface area contributed by atoms with Crippen LogP contribution in [0, 0.1) is 10.1 Å². The molecule has 3 aromatic rings. The van der Waals surface area contributed by atoms with E-state index in [-0.39, 0.29) is 17.2 Å². The molecule has 0 bridgehead atoms. The van der Waals surface area contributed by atoms with Crippen molar-refractivity contribution in [3.05, 3.63) is 69.8 Å². The van der Waals surface area contributed by atoms with Crippen LogP contribution in [0.2, 0.25) is 5.02 Å². The van der Waals surface area contributed by atoms with Gasteiger partial charge >= 0.3 is 0 Å². The first-order valence-corrected chi connectivity index (χ1v) is 10.5. The van der Waals surface area contributed by atoms with Gasteiger partial charge in [0.15, 0.2) is 0 Å². The number of carbonyl (C=O) groups excluding carboxylic acids is 2. The Morgan fingerprint density at radius 3 is 2.45 bits per heavy atom. The number of benzene rings is 2. The van der Waals surface area contributed by atoms with E-state index in [1.807, 2.05) is 4.90 Å². The second kappa shape index (κ2) is 9.25. The molecule has 1 aromatic heterocycles. The topological polar surface area (TPSA) is 126 Å². The molecular weight excluding hydrogens is 450 g/mol. The van der Waals surface area contributed by atoms with Crippen LogP contribution in [0.3, 0.4) is 0 Å². The first-order chi connectivity index (χ1) is 15.8. The molecule has 0 aliphatic carbocycles. The van der Waals surface area contributed by atoms with E-state index >= 15 is 0 Å². The number of amides is 2. The number of nitrogens with one attached hydrogen (secondary N) is 1. The molecule has 2 heterocycles. The Balaban J connectivity index is 1.59. The van der Waals surface area contributed by atoms with Crippen LogP contribution in [-0.4, -0.2) is 62.6 Å². The predicted octanol–water partition coefficient (Wildman–Crippen LogP) is 2.75. The maximum absolute atomic E-state index is 12.9. The highest BCUT2D eigenvalue weighted by Crippen LogP contribution is 2.31. The van der Waals surface area contributed by atoms with Gasteiger partial charge in [0.1, 0.15) is 18.3 Å². The summed E-state index contributed by atoms with van der Waals surface area (Å²) in [6, 6.07) is 9.25. The summed E-state index contributed by atoms with van der Waals surface area (Å²) in [6.45, 7) is 3.40. The molecule has 12 heteroatoms. The number of halogens is 1. The lowest BCUT2D eigenvalue weighted by molar-refractivity contribution is -0.384. The highest BCUT2D eigenvalue weighted by molar-refractivity contribution is 6.31. The molecule has 1 aliphatic heterocycles. The molecule has 0 spiro atoms. The lowest BCUT2D eigenvalue weighted by atomic mass is 10.1. The molecule has 0 unspecified atom stereocenters. The zero-order valence-corrected chi connectivity index (χ0v) is 18.4. The number of hydrogen-bond acceptors (Lipinski definition) is 7. The van der Waals surface area contributed by atoms with E-state index in [1.165, 1.54) is 36.4 Å². The van der Waals surface area contributed by atoms with Gasteiger partial charge in [-0.2, -0.15) is 5.10 Å². The molecule has 2 aromatic carbocycles. The van der Waals surface area contributed by atoms with Crippen LogP contribution in [-0.2, 0) is 4.79 Å². The van der Waals surface area contributed by atoms with Crippen LogP contribution in [0.4, 0.5) is 17.1 Å². The minimum atomic E-state index is -0.533. The fourth-order valence-corrected chi connectivity index (χ4v) is 3.85. The quantitative estimate of drug-likeness (QED) is 0.449. The number of hydrogen-bond donors (Lipinski definition) is 1. The number of piperazine rings is 1. The highest BCUT2D eigenvalue weighted by Gasteiger charge is 2.26. The third-order valence-electron chi connectivity index (χ3n) is 5.37. The van der Waals surface area contributed by atoms with Crippen molar-refractivity contribution in [1.29, 1.82) is 0 Å². The molecule has 0 saturated carbocycles. The first kappa shape index (κ1) is 22.2. The van der Waals surface area contributed by atoms with Gasteiger partial charge in [-0.25, -0.2) is 9.67 Å². The van der Waals surface area contributed by atoms with Gasteiger partial charge < -0.3 is 15.1 Å². The average molecular weight is 470 g/mol. The van der Waals surface area contributed by atoms with E-state index in [0.29, 0.717) is 48.3 Å². The highest BCUT2D eigenvalue weighted by atomic mass is 35.5. The maximum atomic E-state index is 12.9. The Kier molecular flexibility index (Phi) is 6.22. The van der Waals surface area contributed by atoms with Gasteiger partial charge in [-0.1, -0.05) is 11.6 Å². The lowest BCUT2D eigenvalue weighted by Crippen LogP contribution is -2.48. The van der Waals surface area contributed by atoms with Crippen molar-refractivity contribution in [3.8, 4) is 5.69 Å². The van der Waals surface area contributed by atoms with Gasteiger partial charge in [0, 0.05) is 49.8 Å². The van der Waals surface area contributed by atoms with Gasteiger partial charge in [-0.05, 0) is 30.3 Å². The summed E-state index contributed by atoms with van der Waals surface area (Å²) in [5.74, 6) is -0.558. The third-order valence-corrected chi connectivity index (χ3v) is 5.61. The molecule has 0 radical (unpaired) electrons. The standard InChI is InChI=1S/C21H20ClN7O4/c1-14(30)26-6-8-27(9-7-26)19-4-2-15(10-20(19)29(32)33)21(31)25-17-11-16(22)3-5-18(17)28-13-23-12-24-28/h2-5,10-13H,6-9H2,1H3,(H,25,31). The number of rotatable bonds is 5. The molecule has 170 valence electrons. The molecule has 0 atom stereocenters. The minimum absolute atomic E-state index is 0.0255. The van der Waals surface area contributed by atoms with E-state index in [0.717, 1.165) is 0 Å². The van der Waals surface area contributed by atoms with Gasteiger partial charge in [0.05, 0.1) is 16.3 Å². The van der Waals surface area contributed by atoms with Crippen molar-refractivity contribution in [1.82, 2.24) is 19.7 Å². The molecule has 33 heavy (non-hydrogen) atoms. The van der Waals surface area contributed by atoms with Crippen LogP contribution < -0.4 is 10.2 Å². The molecule has 2 amide bonds. The van der Waals surface area contributed by atoms with E-state index in [9.17, 15) is 19.7 Å². The van der Waals surface area contributed by atoms with Gasteiger partial charge in [0.2, 0.25) is 5.91 Å². The number of nitro groups is 1. The monoisotopic (exact) mass is 469 g/mol. The Morgan fingerprint density at radius 1 is 1.09 bits per heavy atom. The zero-order chi connectivity index (χ0) is 23.5. The van der Waals surface area contributed by atoms with Crippen molar-refractivity contribution in [2.24, 2.45) is 0 Å². The van der Waals surface area contributed by atoms with Crippen molar-refractivity contribution in [2.75, 3.05) is 36.4 Å². The van der Waals surface area contributed by atoms with E-state index in [1.54, 1.807) is 29.2 Å². The molecule has 1 N–H and O–H groups in total. The summed E-state index contributed by atoms with van der Waals surface area (Å²) in [5.41, 5.74) is 1.27. The first-order valence-electron chi connectivity index (χ1n) is 10.1. The number of aromatic nitrogens is 3. The Labute approximate surface area is 193 Å². The Hall–Kier alpha value is -3.99. The largest absolute Gasteiger partial charge is 0.362 e. The number of carbonyl (C=O) groups is 2. The van der Waals surface area contributed by atoms with Crippen molar-refractivity contribution < 1.29 is 14.5 Å². The smallest absolute Gasteiger partial charge is 0.293 e. The maximum Gasteiger partial charge on any atom is 0.293 e. The fraction of sp³-hybridized carbons (Fsp3) is 0.238. The molecule has 1 saturated heterocycles. The fourth-order valence-electron chi connectivity index (χ4n) is 3.68. The second-order valence-corrected chi connectivity index (χ2v) is 7.85. The minimum Gasteiger partial charge on any atom is -0.362 e. The van der Waals surface area contributed by atoms with Crippen LogP contribution in [0.15, 0.2) is 49.1 Å². The second-order valence-electron chi connectivity index (χ2n) is 7.41. The van der Waals surface area contributed by atoms with Crippen LogP contribution >= 0.6 is 11.6 Å². The summed E-state index contributed by atoms with van der Waals surface area (Å²) in [7, 11) is 0. The summed E-state index contributed by atoms with van der Waals surface area (Å²) in [4.78, 5) is 43.2. The molecular formula is C21H20ClN7O4. The van der Waals surface area contributed by atoms with Gasteiger partial charge in [0.25, 0.3) is 11.6 Å². The van der Waals surface area contributed by atoms with E-state index < -0.39 is 10.8 Å². The lowest BCUT2D eigenvalue weighted by Gasteiger charge is -2.35. The summed E-state index contributed by atoms with van der Waals surface area (Å²) >= 11 is 6.10. The normalized spacial score (nSPS) is 13.6. The van der Waals surface area contributed by atoms with E-state index in [2.05, 4.69) is 15.4 Å². The van der Waals surface area contributed by atoms with Crippen LogP contribution in [0.5, 0.6) is 0 Å². The molecule has 1 aliphatic rings. The molecule has 1 fully saturated rings. The Morgan fingerprint density at radius 2 is 1.82 bits per heavy atom. The number of nitrogens with zero attached hydrogens (tertiary/aromatic N) is 6. The van der Waals surface area contributed by atoms with Gasteiger partial charge in [-0.3, -0.25) is 19.7 Å².